The predicted molar refractivity (Wildman–Crippen MR) is 140 cm³/mol. The standard InChI is InChI=1S/C28H32N6O2/c1-2-36-24-16-25(28(32-20-24)23(17-29)18-30)22-10-11-26(31-19-22)33-12-14-34(15-13-33)27(35)9-5-8-21-6-3-4-7-21/h10-11,16-17,19-21H,2-4,6-8,12-15,29H2,1H3. The third-order valence-electron chi connectivity index (χ3n) is 6.73. The lowest BCUT2D eigenvalue weighted by Crippen LogP contribution is -2.48. The lowest BCUT2D eigenvalue weighted by atomic mass is 10.0. The van der Waals surface area contributed by atoms with Crippen molar-refractivity contribution in [2.24, 2.45) is 11.7 Å². The molecule has 36 heavy (non-hydrogen) atoms. The average Bonchev–Trinajstić information content (AvgIpc) is 3.44. The molecule has 0 spiro atoms. The van der Waals surface area contributed by atoms with Crippen LogP contribution in [0.1, 0.15) is 44.7 Å². The van der Waals surface area contributed by atoms with Crippen LogP contribution in [-0.2, 0) is 4.79 Å². The summed E-state index contributed by atoms with van der Waals surface area (Å²) in [6, 6.07) is 7.85. The Kier molecular flexibility index (Phi) is 8.41. The first kappa shape index (κ1) is 25.1. The van der Waals surface area contributed by atoms with Gasteiger partial charge in [0, 0.05) is 56.1 Å². The molecule has 2 fully saturated rings. The number of carbonyl (C=O) groups is 1. The molecule has 0 aromatic carbocycles. The molecular formula is C28H32N6O2. The topological polar surface area (TPSA) is 108 Å². The molecule has 4 rings (SSSR count). The molecule has 3 heterocycles. The first-order valence-corrected chi connectivity index (χ1v) is 12.6. The Morgan fingerprint density at radius 2 is 1.97 bits per heavy atom. The molecule has 8 nitrogen and oxygen atoms in total. The number of nitriles is 1. The monoisotopic (exact) mass is 484 g/mol. The highest BCUT2D eigenvalue weighted by atomic mass is 16.5. The van der Waals surface area contributed by atoms with Crippen molar-refractivity contribution in [2.75, 3.05) is 37.7 Å². The third-order valence-corrected chi connectivity index (χ3v) is 6.73. The summed E-state index contributed by atoms with van der Waals surface area (Å²) in [7, 11) is 0. The van der Waals surface area contributed by atoms with E-state index < -0.39 is 0 Å². The molecule has 1 aliphatic carbocycles. The van der Waals surface area contributed by atoms with Gasteiger partial charge in [0.1, 0.15) is 17.6 Å². The van der Waals surface area contributed by atoms with Crippen LogP contribution in [0.5, 0.6) is 5.75 Å². The molecule has 8 heteroatoms. The summed E-state index contributed by atoms with van der Waals surface area (Å²) in [5.41, 5.74) is 7.96. The van der Waals surface area contributed by atoms with Crippen LogP contribution in [0.15, 0.2) is 36.8 Å². The summed E-state index contributed by atoms with van der Waals surface area (Å²) >= 11 is 0. The van der Waals surface area contributed by atoms with Crippen LogP contribution in [-0.4, -0.2) is 53.6 Å². The Hall–Kier alpha value is -4.04. The van der Waals surface area contributed by atoms with E-state index in [1.807, 2.05) is 30.0 Å². The fourth-order valence-electron chi connectivity index (χ4n) is 4.73. The Morgan fingerprint density at radius 3 is 2.61 bits per heavy atom. The summed E-state index contributed by atoms with van der Waals surface area (Å²) < 4.78 is 5.60. The molecule has 186 valence electrons. The summed E-state index contributed by atoms with van der Waals surface area (Å²) in [6.45, 7) is 5.05. The van der Waals surface area contributed by atoms with Gasteiger partial charge in [-0.2, -0.15) is 5.26 Å². The van der Waals surface area contributed by atoms with Crippen molar-refractivity contribution in [3.63, 3.8) is 0 Å². The van der Waals surface area contributed by atoms with E-state index in [1.165, 1.54) is 31.9 Å². The molecule has 2 aromatic heterocycles. The van der Waals surface area contributed by atoms with Crippen molar-refractivity contribution in [1.29, 1.82) is 5.26 Å². The number of pyridine rings is 2. The molecule has 1 aliphatic heterocycles. The van der Waals surface area contributed by atoms with Gasteiger partial charge in [-0.1, -0.05) is 18.8 Å². The molecule has 1 amide bonds. The molecule has 0 bridgehead atoms. The van der Waals surface area contributed by atoms with E-state index in [0.29, 0.717) is 50.1 Å². The lowest BCUT2D eigenvalue weighted by molar-refractivity contribution is -0.125. The minimum atomic E-state index is -0.0774. The van der Waals surface area contributed by atoms with Gasteiger partial charge in [-0.3, -0.25) is 9.78 Å². The zero-order valence-electron chi connectivity index (χ0n) is 20.7. The van der Waals surface area contributed by atoms with Gasteiger partial charge < -0.3 is 20.3 Å². The number of anilines is 1. The molecule has 1 saturated carbocycles. The summed E-state index contributed by atoms with van der Waals surface area (Å²) in [5.74, 6) is 8.00. The maximum atomic E-state index is 12.5. The largest absolute Gasteiger partial charge is 0.492 e. The van der Waals surface area contributed by atoms with Crippen LogP contribution in [0.25, 0.3) is 16.7 Å². The first-order valence-electron chi connectivity index (χ1n) is 12.6. The highest BCUT2D eigenvalue weighted by molar-refractivity contribution is 5.93. The number of hydrogen-bond acceptors (Lipinski definition) is 7. The van der Waals surface area contributed by atoms with Crippen molar-refractivity contribution in [3.8, 4) is 34.8 Å². The average molecular weight is 485 g/mol. The number of nitrogens with two attached hydrogens (primary N) is 1. The molecule has 0 atom stereocenters. The minimum Gasteiger partial charge on any atom is -0.492 e. The first-order chi connectivity index (χ1) is 17.6. The Labute approximate surface area is 212 Å². The summed E-state index contributed by atoms with van der Waals surface area (Å²) in [6.07, 6.45) is 10.5. The number of amides is 1. The predicted octanol–water partition coefficient (Wildman–Crippen LogP) is 3.60. The molecule has 2 N–H and O–H groups in total. The Morgan fingerprint density at radius 1 is 1.19 bits per heavy atom. The smallest absolute Gasteiger partial charge is 0.298 e. The second-order valence-corrected chi connectivity index (χ2v) is 9.03. The van der Waals surface area contributed by atoms with E-state index in [-0.39, 0.29) is 11.5 Å². The number of allylic oxidation sites excluding steroid dienone is 1. The normalized spacial score (nSPS) is 16.3. The van der Waals surface area contributed by atoms with Crippen LogP contribution >= 0.6 is 0 Å². The minimum absolute atomic E-state index is 0.0774. The van der Waals surface area contributed by atoms with Crippen LogP contribution in [0.3, 0.4) is 0 Å². The van der Waals surface area contributed by atoms with E-state index >= 15 is 0 Å². The van der Waals surface area contributed by atoms with Gasteiger partial charge in [-0.25, -0.2) is 4.98 Å². The van der Waals surface area contributed by atoms with Crippen LogP contribution < -0.4 is 15.4 Å². The van der Waals surface area contributed by atoms with Gasteiger partial charge in [-0.15, -0.1) is 0 Å². The van der Waals surface area contributed by atoms with Gasteiger partial charge in [0.05, 0.1) is 24.1 Å². The molecule has 2 aliphatic rings. The number of piperazine rings is 1. The zero-order chi connectivity index (χ0) is 25.3. The second kappa shape index (κ2) is 12.1. The fourth-order valence-corrected chi connectivity index (χ4v) is 4.73. The number of rotatable bonds is 6. The van der Waals surface area contributed by atoms with Gasteiger partial charge in [-0.05, 0) is 49.8 Å². The van der Waals surface area contributed by atoms with Crippen molar-refractivity contribution in [1.82, 2.24) is 14.9 Å². The maximum absolute atomic E-state index is 12.5. The van der Waals surface area contributed by atoms with E-state index in [0.717, 1.165) is 23.4 Å². The number of hydrogen-bond donors (Lipinski definition) is 1. The van der Waals surface area contributed by atoms with Gasteiger partial charge in [0.25, 0.3) is 5.91 Å². The van der Waals surface area contributed by atoms with Crippen molar-refractivity contribution >= 4 is 17.3 Å². The van der Waals surface area contributed by atoms with Crippen LogP contribution in [0.4, 0.5) is 5.82 Å². The number of carbonyl (C=O) groups excluding carboxylic acids is 1. The van der Waals surface area contributed by atoms with Gasteiger partial charge in [0.2, 0.25) is 0 Å². The molecule has 2 aromatic rings. The molecule has 1 saturated heterocycles. The molecular weight excluding hydrogens is 452 g/mol. The molecule has 0 radical (unpaired) electrons. The van der Waals surface area contributed by atoms with E-state index in [4.69, 9.17) is 10.5 Å². The van der Waals surface area contributed by atoms with E-state index in [2.05, 4.69) is 32.8 Å². The van der Waals surface area contributed by atoms with Gasteiger partial charge >= 0.3 is 0 Å². The van der Waals surface area contributed by atoms with Crippen molar-refractivity contribution in [3.05, 3.63) is 42.5 Å². The maximum Gasteiger partial charge on any atom is 0.298 e. The van der Waals surface area contributed by atoms with Crippen LogP contribution in [0.2, 0.25) is 0 Å². The molecule has 0 unspecified atom stereocenters. The summed E-state index contributed by atoms with van der Waals surface area (Å²) in [4.78, 5) is 25.6. The van der Waals surface area contributed by atoms with E-state index in [9.17, 15) is 10.1 Å². The zero-order valence-corrected chi connectivity index (χ0v) is 20.7. The lowest BCUT2D eigenvalue weighted by Gasteiger charge is -2.34. The Balaban J connectivity index is 1.41. The van der Waals surface area contributed by atoms with E-state index in [1.54, 1.807) is 12.4 Å². The number of ether oxygens (including phenoxy) is 1. The second-order valence-electron chi connectivity index (χ2n) is 9.03. The Bertz CT molecular complexity index is 1190. The van der Waals surface area contributed by atoms with Crippen molar-refractivity contribution < 1.29 is 9.53 Å². The van der Waals surface area contributed by atoms with Crippen molar-refractivity contribution in [2.45, 2.75) is 39.0 Å². The third kappa shape index (κ3) is 5.95. The summed E-state index contributed by atoms with van der Waals surface area (Å²) in [5, 5.41) is 9.47. The highest BCUT2D eigenvalue weighted by Gasteiger charge is 2.22. The SMILES string of the molecule is CCOc1cnc(C(C#N)=CN)c(-c2ccc(N3CCN(C(=O)C#CCC4CCCC4)CC3)nc2)c1. The quantitative estimate of drug-likeness (QED) is 0.493. The highest BCUT2D eigenvalue weighted by Crippen LogP contribution is 2.31. The van der Waals surface area contributed by atoms with Crippen LogP contribution in [0, 0.1) is 29.1 Å². The van der Waals surface area contributed by atoms with Gasteiger partial charge in [0.15, 0.2) is 0 Å². The number of aromatic nitrogens is 2. The number of nitrogens with zero attached hydrogens (tertiary/aromatic N) is 5. The fraction of sp³-hybridized carbons (Fsp3) is 0.429.